The summed E-state index contributed by atoms with van der Waals surface area (Å²) in [6, 6.07) is 16.6. The molecule has 3 rings (SSSR count). The summed E-state index contributed by atoms with van der Waals surface area (Å²) in [5, 5.41) is 12.0. The summed E-state index contributed by atoms with van der Waals surface area (Å²) in [7, 11) is 5.87. The first kappa shape index (κ1) is 20.6. The quantitative estimate of drug-likeness (QED) is 0.788. The molecule has 1 saturated carbocycles. The zero-order chi connectivity index (χ0) is 20.1. The van der Waals surface area contributed by atoms with Crippen molar-refractivity contribution in [2.75, 3.05) is 27.7 Å². The molecule has 0 amide bonds. The molecule has 1 aliphatic carbocycles. The number of benzene rings is 2. The van der Waals surface area contributed by atoms with Gasteiger partial charge in [-0.25, -0.2) is 0 Å². The van der Waals surface area contributed by atoms with Gasteiger partial charge < -0.3 is 14.7 Å². The van der Waals surface area contributed by atoms with E-state index in [0.717, 1.165) is 42.7 Å². The number of hydrogen-bond acceptors (Lipinski definition) is 3. The van der Waals surface area contributed by atoms with Gasteiger partial charge in [0.05, 0.1) is 12.7 Å². The maximum absolute atomic E-state index is 12.0. The predicted molar refractivity (Wildman–Crippen MR) is 117 cm³/mol. The molecule has 2 atom stereocenters. The molecule has 0 bridgehead atoms. The van der Waals surface area contributed by atoms with E-state index in [1.54, 1.807) is 7.11 Å². The van der Waals surface area contributed by atoms with Crippen LogP contribution in [0.2, 0.25) is 0 Å². The molecule has 0 aromatic heterocycles. The van der Waals surface area contributed by atoms with E-state index >= 15 is 0 Å². The summed E-state index contributed by atoms with van der Waals surface area (Å²) in [6.45, 7) is 3.00. The molecule has 1 aliphatic rings. The summed E-state index contributed by atoms with van der Waals surface area (Å²) in [5.41, 5.74) is 3.88. The normalized spacial score (nSPS) is 23.9. The van der Waals surface area contributed by atoms with Crippen LogP contribution in [-0.2, 0) is 6.42 Å². The third kappa shape index (κ3) is 4.84. The van der Waals surface area contributed by atoms with Gasteiger partial charge >= 0.3 is 0 Å². The number of nitrogens with zero attached hydrogens (tertiary/aromatic N) is 1. The van der Waals surface area contributed by atoms with E-state index in [2.05, 4.69) is 68.4 Å². The van der Waals surface area contributed by atoms with Gasteiger partial charge in [-0.1, -0.05) is 48.0 Å². The molecule has 0 spiro atoms. The Morgan fingerprint density at radius 2 is 1.93 bits per heavy atom. The molecule has 2 aromatic rings. The van der Waals surface area contributed by atoms with E-state index in [9.17, 15) is 5.11 Å². The Balaban J connectivity index is 1.97. The number of rotatable bonds is 6. The molecular weight excluding hydrogens is 346 g/mol. The molecule has 1 fully saturated rings. The molecule has 3 nitrogen and oxygen atoms in total. The second-order valence-electron chi connectivity index (χ2n) is 8.38. The first-order chi connectivity index (χ1) is 13.4. The molecule has 3 heteroatoms. The lowest BCUT2D eigenvalue weighted by atomic mass is 9.68. The van der Waals surface area contributed by atoms with Crippen molar-refractivity contribution < 1.29 is 9.84 Å². The first-order valence-electron chi connectivity index (χ1n) is 10.2. The highest BCUT2D eigenvalue weighted by atomic mass is 16.5. The Morgan fingerprint density at radius 3 is 2.57 bits per heavy atom. The van der Waals surface area contributed by atoms with Crippen molar-refractivity contribution >= 4 is 6.08 Å². The fraction of sp³-hybridized carbons (Fsp3) is 0.440. The van der Waals surface area contributed by atoms with Crippen LogP contribution >= 0.6 is 0 Å². The van der Waals surface area contributed by atoms with Crippen LogP contribution in [0, 0.1) is 12.8 Å². The Morgan fingerprint density at radius 1 is 1.18 bits per heavy atom. The Hall–Kier alpha value is -2.10. The smallest absolute Gasteiger partial charge is 0.118 e. The molecule has 2 aromatic carbocycles. The van der Waals surface area contributed by atoms with Crippen LogP contribution in [-0.4, -0.2) is 43.4 Å². The number of aliphatic hydroxyl groups is 1. The largest absolute Gasteiger partial charge is 0.497 e. The van der Waals surface area contributed by atoms with Crippen molar-refractivity contribution in [3.05, 3.63) is 70.8 Å². The van der Waals surface area contributed by atoms with Crippen molar-refractivity contribution in [1.82, 2.24) is 4.90 Å². The lowest BCUT2D eigenvalue weighted by Crippen LogP contribution is -2.48. The van der Waals surface area contributed by atoms with Crippen LogP contribution in [0.4, 0.5) is 0 Å². The minimum absolute atomic E-state index is 0.223. The Kier molecular flexibility index (Phi) is 6.58. The minimum Gasteiger partial charge on any atom is -0.497 e. The fourth-order valence-corrected chi connectivity index (χ4v) is 4.43. The van der Waals surface area contributed by atoms with Crippen molar-refractivity contribution in [2.24, 2.45) is 5.92 Å². The third-order valence-corrected chi connectivity index (χ3v) is 5.83. The van der Waals surface area contributed by atoms with Gasteiger partial charge in [-0.05, 0) is 69.1 Å². The molecule has 0 heterocycles. The monoisotopic (exact) mass is 379 g/mol. The van der Waals surface area contributed by atoms with E-state index in [1.165, 1.54) is 11.1 Å². The van der Waals surface area contributed by atoms with Gasteiger partial charge in [0.15, 0.2) is 0 Å². The lowest BCUT2D eigenvalue weighted by Gasteiger charge is -2.43. The highest BCUT2D eigenvalue weighted by Gasteiger charge is 2.42. The zero-order valence-electron chi connectivity index (χ0n) is 17.6. The fourth-order valence-electron chi connectivity index (χ4n) is 4.43. The van der Waals surface area contributed by atoms with E-state index in [1.807, 2.05) is 12.1 Å². The molecule has 0 saturated heterocycles. The van der Waals surface area contributed by atoms with Gasteiger partial charge in [0.2, 0.25) is 0 Å². The molecule has 150 valence electrons. The third-order valence-electron chi connectivity index (χ3n) is 5.83. The number of hydrogen-bond donors (Lipinski definition) is 1. The number of ether oxygens (including phenoxy) is 1. The van der Waals surface area contributed by atoms with Crippen LogP contribution in [0.5, 0.6) is 5.75 Å². The Labute approximate surface area is 169 Å². The standard InChI is InChI=1S/C25H33NO2/c1-19-7-5-8-21(15-19)17-25(27)22(9-6-10-23(25)18-26(2)3)16-20-11-13-24(28-4)14-12-20/h5,7-8,11-16,23,27H,6,9-10,17-18H2,1-4H3. The molecule has 2 unspecified atom stereocenters. The number of methoxy groups -OCH3 is 1. The van der Waals surface area contributed by atoms with Gasteiger partial charge in [0.1, 0.15) is 5.75 Å². The van der Waals surface area contributed by atoms with E-state index in [-0.39, 0.29) is 5.92 Å². The minimum atomic E-state index is -0.823. The summed E-state index contributed by atoms with van der Waals surface area (Å²) in [5.74, 6) is 1.08. The average molecular weight is 380 g/mol. The Bertz CT molecular complexity index is 810. The van der Waals surface area contributed by atoms with Crippen molar-refractivity contribution in [3.8, 4) is 5.75 Å². The van der Waals surface area contributed by atoms with Gasteiger partial charge in [-0.2, -0.15) is 0 Å². The molecular formula is C25H33NO2. The van der Waals surface area contributed by atoms with E-state index < -0.39 is 5.60 Å². The molecule has 0 radical (unpaired) electrons. The van der Waals surface area contributed by atoms with Crippen LogP contribution in [0.15, 0.2) is 54.1 Å². The topological polar surface area (TPSA) is 32.7 Å². The maximum atomic E-state index is 12.0. The van der Waals surface area contributed by atoms with Crippen molar-refractivity contribution in [3.63, 3.8) is 0 Å². The summed E-state index contributed by atoms with van der Waals surface area (Å²) >= 11 is 0. The van der Waals surface area contributed by atoms with Crippen LogP contribution < -0.4 is 4.74 Å². The van der Waals surface area contributed by atoms with Gasteiger partial charge in [-0.15, -0.1) is 0 Å². The SMILES string of the molecule is COc1ccc(C=C2CCCC(CN(C)C)C2(O)Cc2cccc(C)c2)cc1. The number of aryl methyl sites for hydroxylation is 1. The average Bonchev–Trinajstić information content (AvgIpc) is 2.65. The van der Waals surface area contributed by atoms with Gasteiger partial charge in [0.25, 0.3) is 0 Å². The lowest BCUT2D eigenvalue weighted by molar-refractivity contribution is -0.0123. The summed E-state index contributed by atoms with van der Waals surface area (Å²) in [6.07, 6.45) is 5.97. The first-order valence-corrected chi connectivity index (χ1v) is 10.2. The van der Waals surface area contributed by atoms with E-state index in [4.69, 9.17) is 4.74 Å². The molecule has 28 heavy (non-hydrogen) atoms. The second-order valence-corrected chi connectivity index (χ2v) is 8.38. The van der Waals surface area contributed by atoms with E-state index in [0.29, 0.717) is 6.42 Å². The van der Waals surface area contributed by atoms with Crippen molar-refractivity contribution in [1.29, 1.82) is 0 Å². The van der Waals surface area contributed by atoms with Crippen LogP contribution in [0.25, 0.3) is 6.08 Å². The van der Waals surface area contributed by atoms with Crippen LogP contribution in [0.3, 0.4) is 0 Å². The van der Waals surface area contributed by atoms with Gasteiger partial charge in [0, 0.05) is 18.9 Å². The van der Waals surface area contributed by atoms with Gasteiger partial charge in [-0.3, -0.25) is 0 Å². The van der Waals surface area contributed by atoms with Crippen molar-refractivity contribution in [2.45, 2.75) is 38.2 Å². The predicted octanol–water partition coefficient (Wildman–Crippen LogP) is 4.72. The maximum Gasteiger partial charge on any atom is 0.118 e. The zero-order valence-corrected chi connectivity index (χ0v) is 17.6. The molecule has 0 aliphatic heterocycles. The highest BCUT2D eigenvalue weighted by molar-refractivity contribution is 5.57. The van der Waals surface area contributed by atoms with Crippen LogP contribution in [0.1, 0.15) is 36.0 Å². The highest BCUT2D eigenvalue weighted by Crippen LogP contribution is 2.42. The molecule has 1 N–H and O–H groups in total. The second kappa shape index (κ2) is 8.93. The summed E-state index contributed by atoms with van der Waals surface area (Å²) in [4.78, 5) is 2.20. The summed E-state index contributed by atoms with van der Waals surface area (Å²) < 4.78 is 5.28.